The number of nitro groups is 1. The Kier molecular flexibility index (Phi) is 6.49. The minimum absolute atomic E-state index is 0.0879. The van der Waals surface area contributed by atoms with Crippen molar-refractivity contribution in [1.82, 2.24) is 5.32 Å². The Morgan fingerprint density at radius 3 is 2.35 bits per heavy atom. The second-order valence-corrected chi connectivity index (χ2v) is 5.76. The highest BCUT2D eigenvalue weighted by Crippen LogP contribution is 2.17. The van der Waals surface area contributed by atoms with Crippen LogP contribution in [0.1, 0.15) is 33.6 Å². The third kappa shape index (κ3) is 7.79. The van der Waals surface area contributed by atoms with Gasteiger partial charge in [-0.3, -0.25) is 14.9 Å². The maximum atomic E-state index is 11.5. The summed E-state index contributed by atoms with van der Waals surface area (Å²) >= 11 is 0. The second kappa shape index (κ2) is 8.11. The number of carbonyl (C=O) groups is 2. The molecule has 1 aromatic carbocycles. The molecule has 0 unspecified atom stereocenters. The van der Waals surface area contributed by atoms with Gasteiger partial charge in [0.2, 0.25) is 0 Å². The molecule has 8 nitrogen and oxygen atoms in total. The third-order valence-corrected chi connectivity index (χ3v) is 2.51. The van der Waals surface area contributed by atoms with Crippen LogP contribution in [0.2, 0.25) is 0 Å². The van der Waals surface area contributed by atoms with Gasteiger partial charge < -0.3 is 14.8 Å². The SMILES string of the molecule is CC(C)(C)OC(=O)CCCNC(=O)Oc1ccc([N+](=O)[O-])cc1. The monoisotopic (exact) mass is 324 g/mol. The van der Waals surface area contributed by atoms with E-state index in [9.17, 15) is 19.7 Å². The normalized spacial score (nSPS) is 10.7. The molecule has 23 heavy (non-hydrogen) atoms. The molecule has 1 rings (SSSR count). The summed E-state index contributed by atoms with van der Waals surface area (Å²) in [4.78, 5) is 32.9. The van der Waals surface area contributed by atoms with Crippen LogP contribution in [-0.2, 0) is 9.53 Å². The van der Waals surface area contributed by atoms with Crippen LogP contribution in [-0.4, -0.2) is 29.1 Å². The predicted octanol–water partition coefficient (Wildman–Crippen LogP) is 2.81. The van der Waals surface area contributed by atoms with Crippen molar-refractivity contribution in [3.8, 4) is 5.75 Å². The van der Waals surface area contributed by atoms with Gasteiger partial charge in [0.05, 0.1) is 4.92 Å². The summed E-state index contributed by atoms with van der Waals surface area (Å²) in [5.41, 5.74) is -0.616. The zero-order chi connectivity index (χ0) is 17.5. The summed E-state index contributed by atoms with van der Waals surface area (Å²) in [5, 5.41) is 13.0. The van der Waals surface area contributed by atoms with E-state index in [1.54, 1.807) is 20.8 Å². The van der Waals surface area contributed by atoms with Gasteiger partial charge in [-0.25, -0.2) is 4.79 Å². The molecule has 0 saturated carbocycles. The average Bonchev–Trinajstić information content (AvgIpc) is 2.42. The Labute approximate surface area is 133 Å². The fraction of sp³-hybridized carbons (Fsp3) is 0.467. The van der Waals surface area contributed by atoms with E-state index < -0.39 is 16.6 Å². The summed E-state index contributed by atoms with van der Waals surface area (Å²) < 4.78 is 10.1. The molecule has 0 saturated heterocycles. The molecule has 8 heteroatoms. The summed E-state index contributed by atoms with van der Waals surface area (Å²) in [6.45, 7) is 5.60. The van der Waals surface area contributed by atoms with Crippen molar-refractivity contribution in [2.45, 2.75) is 39.2 Å². The molecule has 0 aliphatic rings. The van der Waals surface area contributed by atoms with Gasteiger partial charge in [0.15, 0.2) is 0 Å². The van der Waals surface area contributed by atoms with Gasteiger partial charge in [-0.2, -0.15) is 0 Å². The molecule has 0 bridgehead atoms. The highest BCUT2D eigenvalue weighted by Gasteiger charge is 2.15. The maximum absolute atomic E-state index is 11.5. The topological polar surface area (TPSA) is 108 Å². The molecule has 126 valence electrons. The molecule has 0 aliphatic heterocycles. The molecule has 1 N–H and O–H groups in total. The number of ether oxygens (including phenoxy) is 2. The number of nitro benzene ring substituents is 1. The lowest BCUT2D eigenvalue weighted by Gasteiger charge is -2.19. The van der Waals surface area contributed by atoms with Gasteiger partial charge in [0.25, 0.3) is 5.69 Å². The van der Waals surface area contributed by atoms with Gasteiger partial charge >= 0.3 is 12.1 Å². The number of carbonyl (C=O) groups excluding carboxylic acids is 2. The summed E-state index contributed by atoms with van der Waals surface area (Å²) in [6.07, 6.45) is -0.0812. The lowest BCUT2D eigenvalue weighted by molar-refractivity contribution is -0.384. The van der Waals surface area contributed by atoms with Crippen LogP contribution >= 0.6 is 0 Å². The van der Waals surface area contributed by atoms with Crippen LogP contribution < -0.4 is 10.1 Å². The number of non-ortho nitro benzene ring substituents is 1. The molecular weight excluding hydrogens is 304 g/mol. The molecule has 1 aromatic rings. The molecule has 0 spiro atoms. The van der Waals surface area contributed by atoms with Gasteiger partial charge in [-0.15, -0.1) is 0 Å². The molecule has 0 aromatic heterocycles. The number of hydrogen-bond donors (Lipinski definition) is 1. The molecule has 0 fully saturated rings. The first-order valence-corrected chi connectivity index (χ1v) is 7.09. The van der Waals surface area contributed by atoms with E-state index in [0.29, 0.717) is 6.42 Å². The smallest absolute Gasteiger partial charge is 0.412 e. The van der Waals surface area contributed by atoms with Crippen molar-refractivity contribution in [2.75, 3.05) is 6.54 Å². The summed E-state index contributed by atoms with van der Waals surface area (Å²) in [6, 6.07) is 5.15. The van der Waals surface area contributed by atoms with E-state index in [0.717, 1.165) is 0 Å². The van der Waals surface area contributed by atoms with Crippen LogP contribution in [0, 0.1) is 10.1 Å². The number of nitrogens with zero attached hydrogens (tertiary/aromatic N) is 1. The molecular formula is C15H20N2O6. The number of nitrogens with one attached hydrogen (secondary N) is 1. The Hall–Kier alpha value is -2.64. The summed E-state index contributed by atoms with van der Waals surface area (Å²) in [7, 11) is 0. The predicted molar refractivity (Wildman–Crippen MR) is 82.2 cm³/mol. The van der Waals surface area contributed by atoms with Crippen molar-refractivity contribution in [3.63, 3.8) is 0 Å². The number of rotatable bonds is 6. The highest BCUT2D eigenvalue weighted by molar-refractivity contribution is 5.71. The van der Waals surface area contributed by atoms with Gasteiger partial charge in [-0.05, 0) is 39.3 Å². The van der Waals surface area contributed by atoms with E-state index in [1.165, 1.54) is 24.3 Å². The van der Waals surface area contributed by atoms with Crippen LogP contribution in [0.3, 0.4) is 0 Å². The van der Waals surface area contributed by atoms with Crippen molar-refractivity contribution in [1.29, 1.82) is 0 Å². The lowest BCUT2D eigenvalue weighted by Crippen LogP contribution is -2.29. The van der Waals surface area contributed by atoms with Gasteiger partial charge in [0, 0.05) is 25.1 Å². The summed E-state index contributed by atoms with van der Waals surface area (Å²) in [5.74, 6) is -0.136. The number of esters is 1. The third-order valence-electron chi connectivity index (χ3n) is 2.51. The minimum Gasteiger partial charge on any atom is -0.460 e. The van der Waals surface area contributed by atoms with E-state index in [-0.39, 0.29) is 30.4 Å². The standard InChI is InChI=1S/C15H20N2O6/c1-15(2,3)23-13(18)5-4-10-16-14(19)22-12-8-6-11(7-9-12)17(20)21/h6-9H,4-5,10H2,1-3H3,(H,16,19). The van der Waals surface area contributed by atoms with E-state index in [4.69, 9.17) is 9.47 Å². The minimum atomic E-state index is -0.692. The number of amides is 1. The van der Waals surface area contributed by atoms with E-state index >= 15 is 0 Å². The second-order valence-electron chi connectivity index (χ2n) is 5.76. The highest BCUT2D eigenvalue weighted by atomic mass is 16.6. The molecule has 1 amide bonds. The molecule has 0 atom stereocenters. The number of benzene rings is 1. The van der Waals surface area contributed by atoms with Gasteiger partial charge in [0.1, 0.15) is 11.4 Å². The maximum Gasteiger partial charge on any atom is 0.412 e. The Balaban J connectivity index is 2.27. The Bertz CT molecular complexity index is 562. The van der Waals surface area contributed by atoms with Crippen LogP contribution in [0.15, 0.2) is 24.3 Å². The zero-order valence-electron chi connectivity index (χ0n) is 13.3. The van der Waals surface area contributed by atoms with E-state index in [2.05, 4.69) is 5.32 Å². The zero-order valence-corrected chi connectivity index (χ0v) is 13.3. The van der Waals surface area contributed by atoms with Crippen molar-refractivity contribution in [3.05, 3.63) is 34.4 Å². The molecule has 0 aliphatic carbocycles. The first kappa shape index (κ1) is 18.4. The Morgan fingerprint density at radius 1 is 1.22 bits per heavy atom. The quantitative estimate of drug-likeness (QED) is 0.373. The number of hydrogen-bond acceptors (Lipinski definition) is 6. The van der Waals surface area contributed by atoms with Crippen LogP contribution in [0.5, 0.6) is 5.75 Å². The van der Waals surface area contributed by atoms with Crippen molar-refractivity contribution in [2.24, 2.45) is 0 Å². The van der Waals surface area contributed by atoms with Gasteiger partial charge in [-0.1, -0.05) is 0 Å². The van der Waals surface area contributed by atoms with Crippen LogP contribution in [0.25, 0.3) is 0 Å². The fourth-order valence-corrected chi connectivity index (χ4v) is 1.59. The molecule has 0 radical (unpaired) electrons. The Morgan fingerprint density at radius 2 is 1.83 bits per heavy atom. The van der Waals surface area contributed by atoms with Crippen LogP contribution in [0.4, 0.5) is 10.5 Å². The average molecular weight is 324 g/mol. The first-order valence-electron chi connectivity index (χ1n) is 7.09. The lowest BCUT2D eigenvalue weighted by atomic mass is 10.2. The first-order chi connectivity index (χ1) is 10.7. The van der Waals surface area contributed by atoms with Crippen molar-refractivity contribution < 1.29 is 24.0 Å². The molecule has 0 heterocycles. The largest absolute Gasteiger partial charge is 0.460 e. The fourth-order valence-electron chi connectivity index (χ4n) is 1.59. The van der Waals surface area contributed by atoms with E-state index in [1.807, 2.05) is 0 Å². The van der Waals surface area contributed by atoms with Crippen molar-refractivity contribution >= 4 is 17.7 Å².